The van der Waals surface area contributed by atoms with Crippen LogP contribution in [-0.2, 0) is 0 Å². The summed E-state index contributed by atoms with van der Waals surface area (Å²) in [6.07, 6.45) is 0. The molecule has 0 radical (unpaired) electrons. The average Bonchev–Trinajstić information content (AvgIpc) is 2.74. The summed E-state index contributed by atoms with van der Waals surface area (Å²) < 4.78 is 18.4. The van der Waals surface area contributed by atoms with Gasteiger partial charge in [-0.05, 0) is 44.0 Å². The van der Waals surface area contributed by atoms with Gasteiger partial charge in [0.05, 0.1) is 0 Å². The molecule has 0 saturated heterocycles. The maximum atomic E-state index is 6.19. The van der Waals surface area contributed by atoms with Gasteiger partial charge in [-0.1, -0.05) is 54.1 Å². The first-order valence-corrected chi connectivity index (χ1v) is 9.31. The molecule has 1 aromatic heterocycles. The average molecular weight is 350 g/mol. The number of para-hydroxylation sites is 2. The van der Waals surface area contributed by atoms with Crippen LogP contribution in [0.2, 0.25) is 0 Å². The highest BCUT2D eigenvalue weighted by Crippen LogP contribution is 2.39. The van der Waals surface area contributed by atoms with E-state index in [0.717, 1.165) is 38.8 Å². The van der Waals surface area contributed by atoms with Crippen LogP contribution in [0, 0.1) is 20.8 Å². The lowest BCUT2D eigenvalue weighted by molar-refractivity contribution is 0.493. The van der Waals surface area contributed by atoms with Crippen LogP contribution in [0.1, 0.15) is 16.7 Å². The highest BCUT2D eigenvalue weighted by atomic mass is 31.1. The Kier molecular flexibility index (Phi) is 4.03. The predicted octanol–water partition coefficient (Wildman–Crippen LogP) is 7.06. The van der Waals surface area contributed by atoms with Crippen molar-refractivity contribution in [3.05, 3.63) is 77.4 Å². The molecule has 126 valence electrons. The Morgan fingerprint density at radius 1 is 0.720 bits per heavy atom. The molecule has 0 atom stereocenters. The summed E-state index contributed by atoms with van der Waals surface area (Å²) in [6.45, 7) is 6.18. The molecule has 3 aromatic carbocycles. The highest BCUT2D eigenvalue weighted by Gasteiger charge is 2.11. The molecule has 4 rings (SSSR count). The fourth-order valence-electron chi connectivity index (χ4n) is 3.14. The molecule has 25 heavy (non-hydrogen) atoms. The third-order valence-electron chi connectivity index (χ3n) is 4.18. The Hall–Kier alpha value is -2.64. The van der Waals surface area contributed by atoms with Crippen molar-refractivity contribution in [1.82, 2.24) is 0 Å². The van der Waals surface area contributed by atoms with Crippen LogP contribution in [-0.4, -0.2) is 0 Å². The van der Waals surface area contributed by atoms with Gasteiger partial charge in [-0.3, -0.25) is 0 Å². The van der Waals surface area contributed by atoms with Crippen molar-refractivity contribution >= 4 is 30.2 Å². The molecule has 0 fully saturated rings. The number of hydrogen-bond acceptors (Lipinski definition) is 3. The first kappa shape index (κ1) is 15.9. The van der Waals surface area contributed by atoms with Crippen molar-refractivity contribution in [3.8, 4) is 5.75 Å². The number of fused-ring (bicyclic) bond motifs is 3. The highest BCUT2D eigenvalue weighted by molar-refractivity contribution is 7.32. The monoisotopic (exact) mass is 350 g/mol. The number of hydrogen-bond donors (Lipinski definition) is 0. The summed E-state index contributed by atoms with van der Waals surface area (Å²) in [4.78, 5) is 0. The molecule has 4 heteroatoms. The molecular weight excluding hydrogens is 331 g/mol. The van der Waals surface area contributed by atoms with E-state index in [1.807, 2.05) is 62.4 Å². The zero-order chi connectivity index (χ0) is 17.4. The molecule has 0 aliphatic rings. The summed E-state index contributed by atoms with van der Waals surface area (Å²) >= 11 is 0. The standard InChI is InChI=1S/C21H19O3P/c1-14-12-15(2)21(16(3)13-14)24-25-22-19-10-6-4-8-17(19)18-9-5-7-11-20(18)23-25/h4-13H,1-3H3. The Labute approximate surface area is 147 Å². The topological polar surface area (TPSA) is 35.5 Å². The van der Waals surface area contributed by atoms with Gasteiger partial charge in [0.15, 0.2) is 0 Å². The Morgan fingerprint density at radius 3 is 1.72 bits per heavy atom. The maximum absolute atomic E-state index is 6.19. The molecule has 0 amide bonds. The van der Waals surface area contributed by atoms with Gasteiger partial charge in [0.1, 0.15) is 16.9 Å². The molecule has 0 spiro atoms. The van der Waals surface area contributed by atoms with E-state index in [-0.39, 0.29) is 0 Å². The second kappa shape index (κ2) is 6.34. The van der Waals surface area contributed by atoms with Gasteiger partial charge in [-0.25, -0.2) is 0 Å². The van der Waals surface area contributed by atoms with Crippen LogP contribution in [0.25, 0.3) is 21.9 Å². The predicted molar refractivity (Wildman–Crippen MR) is 103 cm³/mol. The third-order valence-corrected chi connectivity index (χ3v) is 5.20. The molecule has 1 heterocycles. The second-order valence-corrected chi connectivity index (χ2v) is 7.21. The summed E-state index contributed by atoms with van der Waals surface area (Å²) in [6, 6.07) is 20.1. The summed E-state index contributed by atoms with van der Waals surface area (Å²) in [7, 11) is -1.59. The van der Waals surface area contributed by atoms with Gasteiger partial charge >= 0.3 is 8.24 Å². The molecule has 0 bridgehead atoms. The van der Waals surface area contributed by atoms with E-state index in [1.165, 1.54) is 5.56 Å². The maximum Gasteiger partial charge on any atom is 0.453 e. The van der Waals surface area contributed by atoms with Crippen LogP contribution >= 0.6 is 8.24 Å². The molecular formula is C21H19O3P. The smallest absolute Gasteiger partial charge is 0.390 e. The number of aryl methyl sites for hydroxylation is 3. The lowest BCUT2D eigenvalue weighted by Crippen LogP contribution is -1.89. The van der Waals surface area contributed by atoms with Crippen molar-refractivity contribution in [1.29, 1.82) is 0 Å². The first-order chi connectivity index (χ1) is 12.1. The van der Waals surface area contributed by atoms with Crippen molar-refractivity contribution in [3.63, 3.8) is 0 Å². The minimum absolute atomic E-state index is 0.779. The van der Waals surface area contributed by atoms with E-state index in [2.05, 4.69) is 19.1 Å². The van der Waals surface area contributed by atoms with Crippen molar-refractivity contribution < 1.29 is 12.9 Å². The SMILES string of the molecule is Cc1cc(C)c(Op2oc3ccccc3c3ccccc3o2)c(C)c1. The van der Waals surface area contributed by atoms with Crippen LogP contribution in [0.5, 0.6) is 5.75 Å². The van der Waals surface area contributed by atoms with E-state index >= 15 is 0 Å². The summed E-state index contributed by atoms with van der Waals surface area (Å²) in [5.41, 5.74) is 4.94. The zero-order valence-electron chi connectivity index (χ0n) is 14.4. The second-order valence-electron chi connectivity index (χ2n) is 6.22. The van der Waals surface area contributed by atoms with Gasteiger partial charge in [-0.15, -0.1) is 0 Å². The van der Waals surface area contributed by atoms with E-state index < -0.39 is 8.24 Å². The molecule has 0 saturated carbocycles. The lowest BCUT2D eigenvalue weighted by atomic mass is 10.1. The Morgan fingerprint density at radius 2 is 1.20 bits per heavy atom. The van der Waals surface area contributed by atoms with Gasteiger partial charge < -0.3 is 12.9 Å². The molecule has 3 nitrogen and oxygen atoms in total. The van der Waals surface area contributed by atoms with E-state index in [4.69, 9.17) is 12.9 Å². The zero-order valence-corrected chi connectivity index (χ0v) is 15.3. The fourth-order valence-corrected chi connectivity index (χ4v) is 4.33. The van der Waals surface area contributed by atoms with Crippen LogP contribution in [0.15, 0.2) is 69.1 Å². The normalized spacial score (nSPS) is 11.0. The first-order valence-electron chi connectivity index (χ1n) is 8.22. The van der Waals surface area contributed by atoms with Gasteiger partial charge in [0.2, 0.25) is 0 Å². The number of rotatable bonds is 2. The van der Waals surface area contributed by atoms with Gasteiger partial charge in [-0.2, -0.15) is 0 Å². The molecule has 0 unspecified atom stereocenters. The van der Waals surface area contributed by atoms with E-state index in [9.17, 15) is 0 Å². The summed E-state index contributed by atoms with van der Waals surface area (Å²) in [5, 5.41) is 2.04. The van der Waals surface area contributed by atoms with Crippen molar-refractivity contribution in [2.24, 2.45) is 0 Å². The molecule has 0 aliphatic heterocycles. The largest absolute Gasteiger partial charge is 0.453 e. The molecule has 0 aliphatic carbocycles. The van der Waals surface area contributed by atoms with E-state index in [0.29, 0.717) is 0 Å². The third kappa shape index (κ3) is 3.04. The van der Waals surface area contributed by atoms with E-state index in [1.54, 1.807) is 0 Å². The van der Waals surface area contributed by atoms with Crippen LogP contribution in [0.3, 0.4) is 0 Å². The molecule has 4 aromatic rings. The lowest BCUT2D eigenvalue weighted by Gasteiger charge is -2.09. The quantitative estimate of drug-likeness (QED) is 0.388. The Balaban J connectivity index is 1.96. The minimum atomic E-state index is -1.59. The van der Waals surface area contributed by atoms with Crippen LogP contribution in [0.4, 0.5) is 0 Å². The van der Waals surface area contributed by atoms with Crippen molar-refractivity contribution in [2.45, 2.75) is 20.8 Å². The van der Waals surface area contributed by atoms with Gasteiger partial charge in [0.25, 0.3) is 0 Å². The fraction of sp³-hybridized carbons (Fsp3) is 0.143. The van der Waals surface area contributed by atoms with Gasteiger partial charge in [0, 0.05) is 10.8 Å². The Bertz CT molecular complexity index is 1030. The van der Waals surface area contributed by atoms with Crippen LogP contribution < -0.4 is 4.52 Å². The minimum Gasteiger partial charge on any atom is -0.390 e. The molecule has 0 N–H and O–H groups in total. The number of benzene rings is 3. The van der Waals surface area contributed by atoms with Crippen molar-refractivity contribution in [2.75, 3.05) is 0 Å². The summed E-state index contributed by atoms with van der Waals surface area (Å²) in [5.74, 6) is 0.827.